The molecule has 0 spiro atoms. The number of hydrogen-bond donors (Lipinski definition) is 2. The van der Waals surface area contributed by atoms with Crippen LogP contribution < -0.4 is 0 Å². The van der Waals surface area contributed by atoms with Crippen LogP contribution >= 0.6 is 0 Å². The normalized spacial score (nSPS) is 11.6. The fourth-order valence-corrected chi connectivity index (χ4v) is 1.87. The molecule has 0 unspecified atom stereocenters. The molecule has 0 aromatic rings. The summed E-state index contributed by atoms with van der Waals surface area (Å²) in [4.78, 5) is 0. The third kappa shape index (κ3) is 9.27. The Balaban J connectivity index is 4.35. The van der Waals surface area contributed by atoms with Crippen molar-refractivity contribution in [1.82, 2.24) is 0 Å². The molecule has 0 aliphatic rings. The van der Waals surface area contributed by atoms with Gasteiger partial charge >= 0.3 is 0 Å². The first-order valence-corrected chi connectivity index (χ1v) is 7.19. The first-order valence-electron chi connectivity index (χ1n) is 7.19. The van der Waals surface area contributed by atoms with Crippen LogP contribution in [0.2, 0.25) is 0 Å². The fourth-order valence-electron chi connectivity index (χ4n) is 1.87. The Hall–Kier alpha value is -0.780. The maximum absolute atomic E-state index is 10.5. The summed E-state index contributed by atoms with van der Waals surface area (Å²) in [6.07, 6.45) is 11.4. The summed E-state index contributed by atoms with van der Waals surface area (Å²) in [6, 6.07) is 0. The molecule has 0 atom stereocenters. The Kier molecular flexibility index (Phi) is 10.8. The van der Waals surface area contributed by atoms with E-state index in [1.807, 2.05) is 0 Å². The number of unbranched alkanes of at least 4 members (excludes halogenated alkanes) is 4. The van der Waals surface area contributed by atoms with Crippen LogP contribution in [0.1, 0.15) is 65.2 Å². The summed E-state index contributed by atoms with van der Waals surface area (Å²) < 4.78 is 0. The fraction of sp³-hybridized carbons (Fsp3) is 0.750. The van der Waals surface area contributed by atoms with Crippen molar-refractivity contribution in [3.8, 4) is 11.8 Å². The molecule has 0 saturated heterocycles. The molecule has 0 heterocycles. The second-order valence-corrected chi connectivity index (χ2v) is 4.80. The van der Waals surface area contributed by atoms with E-state index in [0.29, 0.717) is 0 Å². The maximum Gasteiger partial charge on any atom is 0.125 e. The van der Waals surface area contributed by atoms with Crippen molar-refractivity contribution in [3.05, 3.63) is 12.2 Å². The van der Waals surface area contributed by atoms with E-state index in [0.717, 1.165) is 51.4 Å². The van der Waals surface area contributed by atoms with Crippen LogP contribution in [-0.2, 0) is 0 Å². The lowest BCUT2D eigenvalue weighted by Gasteiger charge is -2.22. The van der Waals surface area contributed by atoms with E-state index in [9.17, 15) is 5.11 Å². The minimum absolute atomic E-state index is 0.00121. The Bertz CT molecular complexity index is 261. The van der Waals surface area contributed by atoms with E-state index in [2.05, 4.69) is 25.7 Å². The van der Waals surface area contributed by atoms with Crippen LogP contribution in [-0.4, -0.2) is 22.4 Å². The zero-order chi connectivity index (χ0) is 13.7. The quantitative estimate of drug-likeness (QED) is 0.487. The molecule has 0 radical (unpaired) electrons. The van der Waals surface area contributed by atoms with Gasteiger partial charge in [-0.15, -0.1) is 0 Å². The van der Waals surface area contributed by atoms with Crippen molar-refractivity contribution >= 4 is 0 Å². The molecule has 0 aromatic heterocycles. The Morgan fingerprint density at radius 3 is 2.00 bits per heavy atom. The van der Waals surface area contributed by atoms with Gasteiger partial charge in [-0.1, -0.05) is 57.4 Å². The molecule has 0 amide bonds. The molecule has 2 heteroatoms. The van der Waals surface area contributed by atoms with E-state index in [1.165, 1.54) is 0 Å². The SMILES string of the molecule is CCCCCC(O)(C#C/C=C/CO)CCCCC. The Labute approximate surface area is 112 Å². The second-order valence-electron chi connectivity index (χ2n) is 4.80. The van der Waals surface area contributed by atoms with Crippen molar-refractivity contribution in [2.45, 2.75) is 70.8 Å². The van der Waals surface area contributed by atoms with Gasteiger partial charge in [0, 0.05) is 0 Å². The molecule has 0 aromatic carbocycles. The molecule has 18 heavy (non-hydrogen) atoms. The molecular weight excluding hydrogens is 224 g/mol. The molecule has 0 rings (SSSR count). The molecule has 2 N–H and O–H groups in total. The van der Waals surface area contributed by atoms with Gasteiger partial charge < -0.3 is 10.2 Å². The Morgan fingerprint density at radius 1 is 1.00 bits per heavy atom. The van der Waals surface area contributed by atoms with E-state index in [1.54, 1.807) is 12.2 Å². The van der Waals surface area contributed by atoms with Crippen molar-refractivity contribution in [2.24, 2.45) is 0 Å². The summed E-state index contributed by atoms with van der Waals surface area (Å²) in [5.41, 5.74) is -0.843. The van der Waals surface area contributed by atoms with Crippen molar-refractivity contribution in [3.63, 3.8) is 0 Å². The molecule has 104 valence electrons. The molecule has 0 saturated carbocycles. The predicted octanol–water partition coefficient (Wildman–Crippen LogP) is 3.43. The average Bonchev–Trinajstić information content (AvgIpc) is 2.36. The number of rotatable bonds is 9. The molecular formula is C16H28O2. The van der Waals surface area contributed by atoms with Crippen LogP contribution in [0.5, 0.6) is 0 Å². The summed E-state index contributed by atoms with van der Waals surface area (Å²) >= 11 is 0. The van der Waals surface area contributed by atoms with E-state index in [-0.39, 0.29) is 6.61 Å². The van der Waals surface area contributed by atoms with Crippen molar-refractivity contribution < 1.29 is 10.2 Å². The zero-order valence-corrected chi connectivity index (χ0v) is 11.9. The average molecular weight is 252 g/mol. The van der Waals surface area contributed by atoms with Crippen LogP contribution in [0, 0.1) is 11.8 Å². The molecule has 2 nitrogen and oxygen atoms in total. The predicted molar refractivity (Wildman–Crippen MR) is 77.2 cm³/mol. The lowest BCUT2D eigenvalue weighted by Crippen LogP contribution is -2.26. The van der Waals surface area contributed by atoms with Crippen LogP contribution in [0.25, 0.3) is 0 Å². The second kappa shape index (κ2) is 11.3. The van der Waals surface area contributed by atoms with E-state index >= 15 is 0 Å². The first kappa shape index (κ1) is 17.2. The van der Waals surface area contributed by atoms with Gasteiger partial charge in [0.1, 0.15) is 5.60 Å². The van der Waals surface area contributed by atoms with Gasteiger partial charge in [-0.3, -0.25) is 0 Å². The van der Waals surface area contributed by atoms with Gasteiger partial charge in [0.2, 0.25) is 0 Å². The summed E-state index contributed by atoms with van der Waals surface area (Å²) in [5.74, 6) is 5.80. The minimum Gasteiger partial charge on any atom is -0.392 e. The third-order valence-electron chi connectivity index (χ3n) is 3.00. The van der Waals surface area contributed by atoms with Crippen molar-refractivity contribution in [2.75, 3.05) is 6.61 Å². The molecule has 0 fully saturated rings. The summed E-state index contributed by atoms with van der Waals surface area (Å²) in [5, 5.41) is 19.1. The van der Waals surface area contributed by atoms with Crippen LogP contribution in [0.4, 0.5) is 0 Å². The van der Waals surface area contributed by atoms with Gasteiger partial charge in [0.15, 0.2) is 0 Å². The topological polar surface area (TPSA) is 40.5 Å². The van der Waals surface area contributed by atoms with Gasteiger partial charge in [0.25, 0.3) is 0 Å². The minimum atomic E-state index is -0.843. The summed E-state index contributed by atoms with van der Waals surface area (Å²) in [7, 11) is 0. The van der Waals surface area contributed by atoms with Crippen LogP contribution in [0.3, 0.4) is 0 Å². The number of aliphatic hydroxyl groups is 2. The number of hydrogen-bond acceptors (Lipinski definition) is 2. The highest BCUT2D eigenvalue weighted by atomic mass is 16.3. The number of aliphatic hydroxyl groups excluding tert-OH is 1. The molecule has 0 aliphatic carbocycles. The van der Waals surface area contributed by atoms with Gasteiger partial charge in [-0.25, -0.2) is 0 Å². The van der Waals surface area contributed by atoms with Gasteiger partial charge in [0.05, 0.1) is 6.61 Å². The Morgan fingerprint density at radius 2 is 1.56 bits per heavy atom. The monoisotopic (exact) mass is 252 g/mol. The van der Waals surface area contributed by atoms with Gasteiger partial charge in [-0.2, -0.15) is 0 Å². The molecule has 0 bridgehead atoms. The smallest absolute Gasteiger partial charge is 0.125 e. The van der Waals surface area contributed by atoms with Crippen LogP contribution in [0.15, 0.2) is 12.2 Å². The van der Waals surface area contributed by atoms with Crippen molar-refractivity contribution in [1.29, 1.82) is 0 Å². The van der Waals surface area contributed by atoms with E-state index < -0.39 is 5.60 Å². The van der Waals surface area contributed by atoms with E-state index in [4.69, 9.17) is 5.11 Å². The standard InChI is InChI=1S/C16H28O2/c1-3-5-8-12-16(18,13-9-6-4-2)14-10-7-11-15-17/h7,11,17-18H,3-6,8-9,12-13,15H2,1-2H3/b11-7+. The highest BCUT2D eigenvalue weighted by Crippen LogP contribution is 2.21. The maximum atomic E-state index is 10.5. The zero-order valence-electron chi connectivity index (χ0n) is 11.9. The lowest BCUT2D eigenvalue weighted by atomic mass is 9.90. The number of allylic oxidation sites excluding steroid dienone is 1. The highest BCUT2D eigenvalue weighted by molar-refractivity contribution is 5.22. The first-order chi connectivity index (χ1) is 8.68. The third-order valence-corrected chi connectivity index (χ3v) is 3.00. The highest BCUT2D eigenvalue weighted by Gasteiger charge is 2.22. The summed E-state index contributed by atoms with van der Waals surface area (Å²) in [6.45, 7) is 4.32. The largest absolute Gasteiger partial charge is 0.392 e. The molecule has 0 aliphatic heterocycles. The van der Waals surface area contributed by atoms with Gasteiger partial charge in [-0.05, 0) is 31.8 Å². The lowest BCUT2D eigenvalue weighted by molar-refractivity contribution is 0.0765.